The Morgan fingerprint density at radius 1 is 1.55 bits per heavy atom. The maximum absolute atomic E-state index is 11.1. The number of carbonyl (C=O) groups is 1. The summed E-state index contributed by atoms with van der Waals surface area (Å²) in [5, 5.41) is 0. The molecule has 4 nitrogen and oxygen atoms in total. The van der Waals surface area contributed by atoms with Gasteiger partial charge in [-0.05, 0) is 0 Å². The minimum absolute atomic E-state index is 0.0442. The van der Waals surface area contributed by atoms with Crippen molar-refractivity contribution in [3.05, 3.63) is 0 Å². The van der Waals surface area contributed by atoms with Gasteiger partial charge in [0.05, 0.1) is 13.2 Å². The Morgan fingerprint density at radius 3 is 2.73 bits per heavy atom. The van der Waals surface area contributed by atoms with Crippen LogP contribution in [0.1, 0.15) is 0 Å². The number of morpholine rings is 1. The molecule has 0 aliphatic carbocycles. The van der Waals surface area contributed by atoms with Crippen LogP contribution < -0.4 is 0 Å². The molecule has 11 heavy (non-hydrogen) atoms. The van der Waals surface area contributed by atoms with Crippen molar-refractivity contribution in [2.45, 2.75) is 0 Å². The van der Waals surface area contributed by atoms with E-state index in [1.807, 2.05) is 0 Å². The first-order valence-corrected chi connectivity index (χ1v) is 4.31. The predicted molar refractivity (Wildman–Crippen MR) is 47.4 cm³/mol. The first-order chi connectivity index (χ1) is 5.34. The van der Waals surface area contributed by atoms with Gasteiger partial charge in [0.2, 0.25) is 5.91 Å². The molecule has 0 unspecified atom stereocenters. The molecule has 1 saturated heterocycles. The van der Waals surface area contributed by atoms with Gasteiger partial charge in [-0.1, -0.05) is 0 Å². The fourth-order valence-electron chi connectivity index (χ4n) is 0.951. The molecule has 0 N–H and O–H groups in total. The highest BCUT2D eigenvalue weighted by molar-refractivity contribution is 14.1. The second kappa shape index (κ2) is 4.89. The standard InChI is InChI=1S/C6H10INO3/c7-11-5-6(9)8-1-3-10-4-2-8/h1-5H2. The molecule has 0 radical (unpaired) electrons. The second-order valence-electron chi connectivity index (χ2n) is 2.25. The fourth-order valence-corrected chi connectivity index (χ4v) is 1.22. The van der Waals surface area contributed by atoms with Crippen LogP contribution in [0, 0.1) is 0 Å². The third kappa shape index (κ3) is 2.92. The Balaban J connectivity index is 2.27. The van der Waals surface area contributed by atoms with Gasteiger partial charge in [0.1, 0.15) is 29.6 Å². The lowest BCUT2D eigenvalue weighted by molar-refractivity contribution is -0.136. The van der Waals surface area contributed by atoms with Crippen molar-refractivity contribution in [1.82, 2.24) is 4.90 Å². The molecular formula is C6H10INO3. The summed E-state index contributed by atoms with van der Waals surface area (Å²) in [5.74, 6) is 0.0442. The van der Waals surface area contributed by atoms with Crippen molar-refractivity contribution < 1.29 is 12.6 Å². The van der Waals surface area contributed by atoms with Crippen molar-refractivity contribution in [2.24, 2.45) is 0 Å². The fraction of sp³-hybridized carbons (Fsp3) is 0.833. The highest BCUT2D eigenvalue weighted by Crippen LogP contribution is 1.98. The summed E-state index contributed by atoms with van der Waals surface area (Å²) in [6.07, 6.45) is 0. The van der Waals surface area contributed by atoms with Crippen LogP contribution in [-0.2, 0) is 12.6 Å². The van der Waals surface area contributed by atoms with E-state index in [4.69, 9.17) is 7.80 Å². The normalized spacial score (nSPS) is 18.5. The van der Waals surface area contributed by atoms with E-state index in [1.165, 1.54) is 0 Å². The SMILES string of the molecule is O=C(COI)N1CCOCC1. The maximum atomic E-state index is 11.1. The summed E-state index contributed by atoms with van der Waals surface area (Å²) < 4.78 is 9.79. The number of hydrogen-bond acceptors (Lipinski definition) is 3. The van der Waals surface area contributed by atoms with Crippen LogP contribution >= 0.6 is 23.0 Å². The largest absolute Gasteiger partial charge is 0.378 e. The molecule has 64 valence electrons. The molecule has 0 atom stereocenters. The lowest BCUT2D eigenvalue weighted by atomic mass is 10.4. The topological polar surface area (TPSA) is 38.8 Å². The van der Waals surface area contributed by atoms with Gasteiger partial charge >= 0.3 is 0 Å². The number of amides is 1. The monoisotopic (exact) mass is 271 g/mol. The zero-order chi connectivity index (χ0) is 8.10. The number of carbonyl (C=O) groups excluding carboxylic acids is 1. The molecular weight excluding hydrogens is 261 g/mol. The maximum Gasteiger partial charge on any atom is 0.249 e. The van der Waals surface area contributed by atoms with E-state index >= 15 is 0 Å². The summed E-state index contributed by atoms with van der Waals surface area (Å²) in [7, 11) is 0. The van der Waals surface area contributed by atoms with Gasteiger partial charge in [-0.2, -0.15) is 0 Å². The van der Waals surface area contributed by atoms with Gasteiger partial charge in [-0.3, -0.25) is 4.79 Å². The molecule has 1 amide bonds. The Bertz CT molecular complexity index is 136. The van der Waals surface area contributed by atoms with Crippen molar-refractivity contribution in [3.8, 4) is 0 Å². The van der Waals surface area contributed by atoms with Gasteiger partial charge in [0.15, 0.2) is 0 Å². The zero-order valence-electron chi connectivity index (χ0n) is 6.09. The highest BCUT2D eigenvalue weighted by Gasteiger charge is 2.15. The van der Waals surface area contributed by atoms with Gasteiger partial charge in [0, 0.05) is 13.1 Å². The number of hydrogen-bond donors (Lipinski definition) is 0. The van der Waals surface area contributed by atoms with Crippen molar-refractivity contribution in [2.75, 3.05) is 32.9 Å². The van der Waals surface area contributed by atoms with Gasteiger partial charge in [-0.25, -0.2) is 0 Å². The van der Waals surface area contributed by atoms with Crippen LogP contribution in [0.4, 0.5) is 0 Å². The van der Waals surface area contributed by atoms with Crippen LogP contribution in [0.15, 0.2) is 0 Å². The Hall–Kier alpha value is 0.120. The van der Waals surface area contributed by atoms with E-state index < -0.39 is 0 Å². The van der Waals surface area contributed by atoms with E-state index in [9.17, 15) is 4.79 Å². The minimum atomic E-state index is 0.0442. The summed E-state index contributed by atoms with van der Waals surface area (Å²) in [6.45, 7) is 2.85. The minimum Gasteiger partial charge on any atom is -0.378 e. The van der Waals surface area contributed by atoms with E-state index in [0.29, 0.717) is 26.3 Å². The summed E-state index contributed by atoms with van der Waals surface area (Å²) >= 11 is 1.72. The first kappa shape index (κ1) is 9.21. The van der Waals surface area contributed by atoms with Crippen LogP contribution in [0.25, 0.3) is 0 Å². The lowest BCUT2D eigenvalue weighted by Crippen LogP contribution is -2.42. The molecule has 0 bridgehead atoms. The number of halogens is 1. The van der Waals surface area contributed by atoms with E-state index in [2.05, 4.69) is 0 Å². The summed E-state index contributed by atoms with van der Waals surface area (Å²) in [4.78, 5) is 12.9. The molecule has 1 heterocycles. The average molecular weight is 271 g/mol. The third-order valence-corrected chi connectivity index (χ3v) is 1.85. The number of nitrogens with zero attached hydrogens (tertiary/aromatic N) is 1. The quantitative estimate of drug-likeness (QED) is 0.674. The van der Waals surface area contributed by atoms with Gasteiger partial charge < -0.3 is 12.7 Å². The van der Waals surface area contributed by atoms with Gasteiger partial charge in [-0.15, -0.1) is 0 Å². The first-order valence-electron chi connectivity index (χ1n) is 3.43. The van der Waals surface area contributed by atoms with Crippen molar-refractivity contribution in [1.29, 1.82) is 0 Å². The molecule has 1 fully saturated rings. The molecule has 0 saturated carbocycles. The molecule has 0 spiro atoms. The molecule has 1 aliphatic rings. The molecule has 0 aromatic rings. The lowest BCUT2D eigenvalue weighted by Gasteiger charge is -2.26. The average Bonchev–Trinajstić information content (AvgIpc) is 2.07. The Kier molecular flexibility index (Phi) is 4.09. The smallest absolute Gasteiger partial charge is 0.249 e. The van der Waals surface area contributed by atoms with E-state index in [1.54, 1.807) is 27.9 Å². The van der Waals surface area contributed by atoms with Crippen LogP contribution in [0.3, 0.4) is 0 Å². The molecule has 1 rings (SSSR count). The van der Waals surface area contributed by atoms with Crippen LogP contribution in [0.5, 0.6) is 0 Å². The molecule has 0 aromatic carbocycles. The van der Waals surface area contributed by atoms with Gasteiger partial charge in [0.25, 0.3) is 0 Å². The van der Waals surface area contributed by atoms with Crippen LogP contribution in [0.2, 0.25) is 0 Å². The molecule has 0 aromatic heterocycles. The van der Waals surface area contributed by atoms with E-state index in [-0.39, 0.29) is 12.5 Å². The zero-order valence-corrected chi connectivity index (χ0v) is 8.24. The second-order valence-corrected chi connectivity index (χ2v) is 2.87. The highest BCUT2D eigenvalue weighted by atomic mass is 127. The van der Waals surface area contributed by atoms with Crippen LogP contribution in [-0.4, -0.2) is 43.7 Å². The summed E-state index contributed by atoms with van der Waals surface area (Å²) in [6, 6.07) is 0. The number of rotatable bonds is 2. The predicted octanol–water partition coefficient (Wildman–Crippen LogP) is 0.212. The summed E-state index contributed by atoms with van der Waals surface area (Å²) in [5.41, 5.74) is 0. The Labute approximate surface area is 79.5 Å². The number of ether oxygens (including phenoxy) is 1. The third-order valence-electron chi connectivity index (χ3n) is 1.54. The van der Waals surface area contributed by atoms with Crippen molar-refractivity contribution >= 4 is 28.9 Å². The Morgan fingerprint density at radius 2 is 2.18 bits per heavy atom. The van der Waals surface area contributed by atoms with Crippen molar-refractivity contribution in [3.63, 3.8) is 0 Å². The molecule has 5 heteroatoms. The van der Waals surface area contributed by atoms with E-state index in [0.717, 1.165) is 0 Å². The molecule has 1 aliphatic heterocycles.